The number of aromatic amines is 1. The van der Waals surface area contributed by atoms with Gasteiger partial charge in [0, 0.05) is 38.9 Å². The average molecular weight is 371 g/mol. The molecule has 1 saturated heterocycles. The van der Waals surface area contributed by atoms with Crippen LogP contribution in [0.4, 0.5) is 5.82 Å². The van der Waals surface area contributed by atoms with Gasteiger partial charge in [-0.05, 0) is 50.5 Å². The first-order chi connectivity index (χ1) is 13.0. The molecule has 0 radical (unpaired) electrons. The predicted octanol–water partition coefficient (Wildman–Crippen LogP) is 2.74. The van der Waals surface area contributed by atoms with Gasteiger partial charge in [0.25, 0.3) is 0 Å². The van der Waals surface area contributed by atoms with Crippen molar-refractivity contribution in [2.75, 3.05) is 19.0 Å². The summed E-state index contributed by atoms with van der Waals surface area (Å²) in [5.74, 6) is 1.68. The number of amides is 1. The highest BCUT2D eigenvalue weighted by Crippen LogP contribution is 2.35. The Kier molecular flexibility index (Phi) is 5.04. The van der Waals surface area contributed by atoms with Crippen LogP contribution < -0.4 is 5.32 Å². The lowest BCUT2D eigenvalue weighted by atomic mass is 9.78. The van der Waals surface area contributed by atoms with E-state index in [1.54, 1.807) is 20.4 Å². The fourth-order valence-corrected chi connectivity index (χ4v) is 4.50. The minimum absolute atomic E-state index is 0.141. The zero-order valence-corrected chi connectivity index (χ0v) is 16.4. The van der Waals surface area contributed by atoms with Crippen LogP contribution in [-0.2, 0) is 16.0 Å². The van der Waals surface area contributed by atoms with Gasteiger partial charge in [0.05, 0.1) is 11.5 Å². The summed E-state index contributed by atoms with van der Waals surface area (Å²) in [7, 11) is 1.79. The molecule has 0 bridgehead atoms. The van der Waals surface area contributed by atoms with E-state index in [1.807, 2.05) is 4.90 Å². The summed E-state index contributed by atoms with van der Waals surface area (Å²) in [4.78, 5) is 26.1. The molecule has 7 nitrogen and oxygen atoms in total. The van der Waals surface area contributed by atoms with Crippen LogP contribution in [0.25, 0.3) is 11.0 Å². The second-order valence-corrected chi connectivity index (χ2v) is 8.10. The van der Waals surface area contributed by atoms with Gasteiger partial charge in [0.1, 0.15) is 17.8 Å². The second-order valence-electron chi connectivity index (χ2n) is 8.10. The van der Waals surface area contributed by atoms with Crippen molar-refractivity contribution >= 4 is 22.8 Å². The molecule has 2 fully saturated rings. The van der Waals surface area contributed by atoms with Gasteiger partial charge in [-0.1, -0.05) is 0 Å². The van der Waals surface area contributed by atoms with E-state index in [9.17, 15) is 4.79 Å². The number of nitrogens with one attached hydrogen (secondary N) is 2. The fraction of sp³-hybridized carbons (Fsp3) is 0.650. The molecule has 0 aromatic carbocycles. The topological polar surface area (TPSA) is 83.1 Å². The number of hydrogen-bond donors (Lipinski definition) is 2. The minimum Gasteiger partial charge on any atom is -0.381 e. The van der Waals surface area contributed by atoms with E-state index in [0.29, 0.717) is 18.1 Å². The molecule has 2 aliphatic rings. The number of anilines is 1. The van der Waals surface area contributed by atoms with Crippen molar-refractivity contribution in [1.82, 2.24) is 19.9 Å². The maximum Gasteiger partial charge on any atom is 0.219 e. The molecule has 0 unspecified atom stereocenters. The Morgan fingerprint density at radius 1 is 1.37 bits per heavy atom. The number of piperidine rings is 1. The number of ether oxygens (including phenoxy) is 1. The summed E-state index contributed by atoms with van der Waals surface area (Å²) < 4.78 is 5.41. The zero-order chi connectivity index (χ0) is 19.0. The minimum atomic E-state index is 0.141. The quantitative estimate of drug-likeness (QED) is 0.844. The molecule has 4 rings (SSSR count). The molecule has 7 heteroatoms. The molecule has 2 aromatic heterocycles. The van der Waals surface area contributed by atoms with Crippen molar-refractivity contribution in [2.24, 2.45) is 5.92 Å². The highest BCUT2D eigenvalue weighted by Gasteiger charge is 2.31. The van der Waals surface area contributed by atoms with Crippen molar-refractivity contribution in [3.63, 3.8) is 0 Å². The third kappa shape index (κ3) is 3.65. The monoisotopic (exact) mass is 371 g/mol. The van der Waals surface area contributed by atoms with E-state index in [2.05, 4.69) is 33.4 Å². The summed E-state index contributed by atoms with van der Waals surface area (Å²) in [5.41, 5.74) is 2.14. The highest BCUT2D eigenvalue weighted by molar-refractivity contribution is 5.90. The summed E-state index contributed by atoms with van der Waals surface area (Å²) in [6.07, 6.45) is 9.37. The second kappa shape index (κ2) is 7.46. The summed E-state index contributed by atoms with van der Waals surface area (Å²) in [5, 5.41) is 4.68. The van der Waals surface area contributed by atoms with Crippen molar-refractivity contribution < 1.29 is 9.53 Å². The number of likely N-dealkylation sites (tertiary alicyclic amines) is 1. The van der Waals surface area contributed by atoms with Gasteiger partial charge in [-0.15, -0.1) is 0 Å². The van der Waals surface area contributed by atoms with Crippen LogP contribution in [0, 0.1) is 5.92 Å². The predicted molar refractivity (Wildman–Crippen MR) is 105 cm³/mol. The largest absolute Gasteiger partial charge is 0.381 e. The number of fused-ring (bicyclic) bond motifs is 1. The van der Waals surface area contributed by atoms with Gasteiger partial charge in [0.15, 0.2) is 0 Å². The molecule has 1 amide bonds. The van der Waals surface area contributed by atoms with E-state index in [-0.39, 0.29) is 11.9 Å². The van der Waals surface area contributed by atoms with Crippen LogP contribution in [0.15, 0.2) is 12.5 Å². The summed E-state index contributed by atoms with van der Waals surface area (Å²) in [6.45, 7) is 4.49. The Bertz CT molecular complexity index is 814. The molecule has 146 valence electrons. The zero-order valence-electron chi connectivity index (χ0n) is 16.4. The van der Waals surface area contributed by atoms with Gasteiger partial charge < -0.3 is 19.9 Å². The van der Waals surface area contributed by atoms with Crippen LogP contribution in [0.2, 0.25) is 0 Å². The van der Waals surface area contributed by atoms with Gasteiger partial charge in [-0.3, -0.25) is 4.79 Å². The van der Waals surface area contributed by atoms with Crippen LogP contribution >= 0.6 is 0 Å². The first-order valence-corrected chi connectivity index (χ1v) is 9.92. The molecular weight excluding hydrogens is 342 g/mol. The van der Waals surface area contributed by atoms with Crippen LogP contribution in [-0.4, -0.2) is 57.6 Å². The number of methoxy groups -OCH3 is 1. The smallest absolute Gasteiger partial charge is 0.219 e. The lowest BCUT2D eigenvalue weighted by molar-refractivity contribution is -0.132. The molecular formula is C20H29N5O2. The van der Waals surface area contributed by atoms with Crippen molar-refractivity contribution in [2.45, 2.75) is 64.1 Å². The van der Waals surface area contributed by atoms with Gasteiger partial charge in [0.2, 0.25) is 5.91 Å². The van der Waals surface area contributed by atoms with E-state index in [0.717, 1.165) is 55.5 Å². The van der Waals surface area contributed by atoms with Gasteiger partial charge >= 0.3 is 0 Å². The van der Waals surface area contributed by atoms with Crippen molar-refractivity contribution in [3.8, 4) is 0 Å². The number of H-pyrrole nitrogens is 1. The average Bonchev–Trinajstić information content (AvgIpc) is 3.03. The summed E-state index contributed by atoms with van der Waals surface area (Å²) >= 11 is 0. The lowest BCUT2D eigenvalue weighted by Crippen LogP contribution is -2.49. The Labute approximate surface area is 159 Å². The molecule has 0 spiro atoms. The van der Waals surface area contributed by atoms with Crippen LogP contribution in [0.3, 0.4) is 0 Å². The molecule has 1 saturated carbocycles. The van der Waals surface area contributed by atoms with Crippen LogP contribution in [0.1, 0.15) is 45.1 Å². The molecule has 27 heavy (non-hydrogen) atoms. The van der Waals surface area contributed by atoms with E-state index < -0.39 is 0 Å². The standard InChI is InChI=1S/C20H29N5O2/c1-12-4-5-16(10-25(12)13(2)26)24-20-18-15(6-14-7-17(8-14)27-3)9-21-19(18)22-11-23-20/h9,11-12,14,16-17H,4-8,10H2,1-3H3,(H2,21,22,23,24)/t12-,14?,16+,17?/m0/s1. The van der Waals surface area contributed by atoms with Crippen molar-refractivity contribution in [1.29, 1.82) is 0 Å². The SMILES string of the molecule is COC1CC(Cc2c[nH]c3ncnc(N[C@@H]4CC[C@H](C)N(C(C)=O)C4)c23)C1. The molecule has 2 atom stereocenters. The number of rotatable bonds is 5. The molecule has 2 aromatic rings. The number of nitrogens with zero attached hydrogens (tertiary/aromatic N) is 3. The number of aromatic nitrogens is 3. The third-order valence-corrected chi connectivity index (χ3v) is 6.21. The number of carbonyl (C=O) groups is 1. The van der Waals surface area contributed by atoms with Crippen molar-refractivity contribution in [3.05, 3.63) is 18.1 Å². The Hall–Kier alpha value is -2.15. The lowest BCUT2D eigenvalue weighted by Gasteiger charge is -2.38. The van der Waals surface area contributed by atoms with Gasteiger partial charge in [-0.2, -0.15) is 0 Å². The molecule has 2 N–H and O–H groups in total. The van der Waals surface area contributed by atoms with E-state index in [4.69, 9.17) is 4.74 Å². The normalized spacial score (nSPS) is 28.2. The molecule has 1 aliphatic carbocycles. The van der Waals surface area contributed by atoms with E-state index >= 15 is 0 Å². The maximum absolute atomic E-state index is 11.9. The highest BCUT2D eigenvalue weighted by atomic mass is 16.5. The Morgan fingerprint density at radius 2 is 2.19 bits per heavy atom. The molecule has 3 heterocycles. The fourth-order valence-electron chi connectivity index (χ4n) is 4.50. The third-order valence-electron chi connectivity index (χ3n) is 6.21. The maximum atomic E-state index is 11.9. The number of hydrogen-bond acceptors (Lipinski definition) is 5. The Morgan fingerprint density at radius 3 is 2.93 bits per heavy atom. The number of carbonyl (C=O) groups excluding carboxylic acids is 1. The first-order valence-electron chi connectivity index (χ1n) is 9.92. The first kappa shape index (κ1) is 18.2. The summed E-state index contributed by atoms with van der Waals surface area (Å²) in [6, 6.07) is 0.522. The van der Waals surface area contributed by atoms with E-state index in [1.165, 1.54) is 5.56 Å². The Balaban J connectivity index is 1.52. The molecule has 1 aliphatic heterocycles. The van der Waals surface area contributed by atoms with Crippen LogP contribution in [0.5, 0.6) is 0 Å². The van der Waals surface area contributed by atoms with Gasteiger partial charge in [-0.25, -0.2) is 9.97 Å².